The van der Waals surface area contributed by atoms with Crippen molar-refractivity contribution >= 4 is 11.8 Å². The van der Waals surface area contributed by atoms with Gasteiger partial charge in [-0.3, -0.25) is 9.59 Å². The molecule has 4 heteroatoms. The summed E-state index contributed by atoms with van der Waals surface area (Å²) >= 11 is 0. The molecule has 0 aromatic rings. The van der Waals surface area contributed by atoms with Gasteiger partial charge in [0.15, 0.2) is 5.78 Å². The van der Waals surface area contributed by atoms with Gasteiger partial charge in [-0.2, -0.15) is 0 Å². The maximum Gasteiger partial charge on any atom is 0.310 e. The van der Waals surface area contributed by atoms with Gasteiger partial charge in [0.1, 0.15) is 13.0 Å². The molecule has 0 unspecified atom stereocenters. The van der Waals surface area contributed by atoms with Crippen molar-refractivity contribution < 1.29 is 19.4 Å². The van der Waals surface area contributed by atoms with Crippen LogP contribution in [0.4, 0.5) is 0 Å². The Bertz CT molecular complexity index is 130. The van der Waals surface area contributed by atoms with Gasteiger partial charge >= 0.3 is 5.97 Å². The minimum atomic E-state index is -1.13. The molecule has 0 saturated heterocycles. The number of carbonyl (C=O) groups excluding carboxylic acids is 1. The molecule has 0 rings (SSSR count). The molecule has 1 radical (unpaired) electrons. The van der Waals surface area contributed by atoms with Crippen LogP contribution in [0, 0.1) is 6.92 Å². The molecule has 57 valence electrons. The predicted molar refractivity (Wildman–Crippen MR) is 33.4 cm³/mol. The minimum absolute atomic E-state index is 0.157. The van der Waals surface area contributed by atoms with Crippen LogP contribution in [0.15, 0.2) is 0 Å². The Morgan fingerprint density at radius 1 is 1.50 bits per heavy atom. The van der Waals surface area contributed by atoms with Crippen LogP contribution in [-0.4, -0.2) is 30.1 Å². The van der Waals surface area contributed by atoms with Crippen LogP contribution in [0.25, 0.3) is 0 Å². The highest BCUT2D eigenvalue weighted by Gasteiger charge is 2.06. The Morgan fingerprint density at radius 2 is 2.10 bits per heavy atom. The third kappa shape index (κ3) is 5.24. The zero-order valence-corrected chi connectivity index (χ0v) is 5.50. The fourth-order valence-corrected chi connectivity index (χ4v) is 0.406. The van der Waals surface area contributed by atoms with E-state index in [-0.39, 0.29) is 13.2 Å². The number of ketones is 1. The minimum Gasteiger partial charge on any atom is -0.481 e. The molecule has 10 heavy (non-hydrogen) atoms. The molecule has 1 N–H and O–H groups in total. The number of carboxylic acids is 1. The summed E-state index contributed by atoms with van der Waals surface area (Å²) in [6.07, 6.45) is -0.472. The van der Waals surface area contributed by atoms with E-state index in [0.717, 1.165) is 0 Å². The number of aliphatic carboxylic acids is 1. The van der Waals surface area contributed by atoms with Gasteiger partial charge in [-0.15, -0.1) is 0 Å². The average molecular weight is 145 g/mol. The summed E-state index contributed by atoms with van der Waals surface area (Å²) in [4.78, 5) is 20.4. The van der Waals surface area contributed by atoms with Gasteiger partial charge in [-0.25, -0.2) is 0 Å². The molecule has 0 atom stereocenters. The van der Waals surface area contributed by atoms with Crippen molar-refractivity contribution in [1.29, 1.82) is 0 Å². The third-order valence-corrected chi connectivity index (χ3v) is 0.756. The standard InChI is InChI=1S/C6H9O4/c1-2-10-4-5(7)3-6(8)9/h1-4H2,(H,8,9). The molecule has 0 aromatic carbocycles. The second-order valence-electron chi connectivity index (χ2n) is 1.66. The molecule has 0 aliphatic rings. The van der Waals surface area contributed by atoms with Crippen molar-refractivity contribution in [3.8, 4) is 0 Å². The van der Waals surface area contributed by atoms with Crippen molar-refractivity contribution in [1.82, 2.24) is 0 Å². The molecule has 0 aliphatic carbocycles. The quantitative estimate of drug-likeness (QED) is 0.548. The zero-order chi connectivity index (χ0) is 7.98. The first-order valence-electron chi connectivity index (χ1n) is 2.77. The fraction of sp³-hybridized carbons (Fsp3) is 0.500. The summed E-state index contributed by atoms with van der Waals surface area (Å²) in [5.41, 5.74) is 0. The smallest absolute Gasteiger partial charge is 0.310 e. The topological polar surface area (TPSA) is 63.6 Å². The third-order valence-electron chi connectivity index (χ3n) is 0.756. The summed E-state index contributed by atoms with van der Waals surface area (Å²) in [5.74, 6) is -1.56. The Labute approximate surface area is 58.8 Å². The zero-order valence-electron chi connectivity index (χ0n) is 5.50. The average Bonchev–Trinajstić information content (AvgIpc) is 1.82. The molecular weight excluding hydrogens is 136 g/mol. The van der Waals surface area contributed by atoms with Crippen LogP contribution < -0.4 is 0 Å². The lowest BCUT2D eigenvalue weighted by Crippen LogP contribution is -2.13. The lowest BCUT2D eigenvalue weighted by Gasteiger charge is -1.95. The molecule has 0 spiro atoms. The Balaban J connectivity index is 3.35. The van der Waals surface area contributed by atoms with Gasteiger partial charge < -0.3 is 9.84 Å². The summed E-state index contributed by atoms with van der Waals surface area (Å²) in [6, 6.07) is 0. The highest BCUT2D eigenvalue weighted by molar-refractivity contribution is 5.95. The molecule has 0 bridgehead atoms. The number of rotatable bonds is 5. The molecule has 0 saturated carbocycles. The first kappa shape index (κ1) is 9.10. The van der Waals surface area contributed by atoms with Gasteiger partial charge in [-0.05, 0) is 6.92 Å². The number of carboxylic acid groups (broad SMARTS) is 1. The van der Waals surface area contributed by atoms with Crippen LogP contribution in [0.1, 0.15) is 6.42 Å². The largest absolute Gasteiger partial charge is 0.481 e. The molecule has 4 nitrogen and oxygen atoms in total. The van der Waals surface area contributed by atoms with Crippen molar-refractivity contribution in [2.24, 2.45) is 0 Å². The van der Waals surface area contributed by atoms with Gasteiger partial charge in [-0.1, -0.05) is 0 Å². The number of ether oxygens (including phenoxy) is 1. The van der Waals surface area contributed by atoms with Crippen LogP contribution >= 0.6 is 0 Å². The highest BCUT2D eigenvalue weighted by atomic mass is 16.5. The van der Waals surface area contributed by atoms with Crippen molar-refractivity contribution in [2.75, 3.05) is 13.2 Å². The van der Waals surface area contributed by atoms with Crippen LogP contribution in [-0.2, 0) is 14.3 Å². The maximum atomic E-state index is 10.5. The summed E-state index contributed by atoms with van der Waals surface area (Å²) in [6.45, 7) is 3.34. The molecular formula is C6H9O4. The van der Waals surface area contributed by atoms with E-state index >= 15 is 0 Å². The SMILES string of the molecule is [CH2]COCC(=O)CC(=O)O. The molecule has 0 fully saturated rings. The fourth-order valence-electron chi connectivity index (χ4n) is 0.406. The molecule has 0 heterocycles. The Hall–Kier alpha value is -0.900. The molecule has 0 aliphatic heterocycles. The van der Waals surface area contributed by atoms with E-state index in [1.807, 2.05) is 0 Å². The van der Waals surface area contributed by atoms with Crippen molar-refractivity contribution in [3.05, 3.63) is 6.92 Å². The maximum absolute atomic E-state index is 10.5. The Kier molecular flexibility index (Phi) is 4.49. The second-order valence-corrected chi connectivity index (χ2v) is 1.66. The van der Waals surface area contributed by atoms with E-state index in [9.17, 15) is 9.59 Å². The lowest BCUT2D eigenvalue weighted by atomic mass is 10.3. The molecule has 0 aromatic heterocycles. The van der Waals surface area contributed by atoms with Gasteiger partial charge in [0, 0.05) is 6.61 Å². The van der Waals surface area contributed by atoms with Crippen LogP contribution in [0.3, 0.4) is 0 Å². The van der Waals surface area contributed by atoms with Crippen LogP contribution in [0.5, 0.6) is 0 Å². The predicted octanol–water partition coefficient (Wildman–Crippen LogP) is -0.119. The van der Waals surface area contributed by atoms with Crippen molar-refractivity contribution in [2.45, 2.75) is 6.42 Å². The Morgan fingerprint density at radius 3 is 2.50 bits per heavy atom. The van der Waals surface area contributed by atoms with E-state index < -0.39 is 18.2 Å². The summed E-state index contributed by atoms with van der Waals surface area (Å²) < 4.78 is 4.57. The van der Waals surface area contributed by atoms with E-state index in [1.165, 1.54) is 0 Å². The van der Waals surface area contributed by atoms with Gasteiger partial charge in [0.05, 0.1) is 0 Å². The number of carbonyl (C=O) groups is 2. The number of hydrogen-bond acceptors (Lipinski definition) is 3. The van der Waals surface area contributed by atoms with Gasteiger partial charge in [0.25, 0.3) is 0 Å². The van der Waals surface area contributed by atoms with Gasteiger partial charge in [0.2, 0.25) is 0 Å². The first-order chi connectivity index (χ1) is 4.66. The lowest BCUT2D eigenvalue weighted by molar-refractivity contribution is -0.141. The number of hydrogen-bond donors (Lipinski definition) is 1. The van der Waals surface area contributed by atoms with E-state index in [4.69, 9.17) is 5.11 Å². The van der Waals surface area contributed by atoms with E-state index in [0.29, 0.717) is 0 Å². The highest BCUT2D eigenvalue weighted by Crippen LogP contribution is 1.84. The second kappa shape index (κ2) is 4.93. The summed E-state index contributed by atoms with van der Waals surface area (Å²) in [5, 5.41) is 8.09. The summed E-state index contributed by atoms with van der Waals surface area (Å²) in [7, 11) is 0. The van der Waals surface area contributed by atoms with E-state index in [1.54, 1.807) is 0 Å². The van der Waals surface area contributed by atoms with Crippen LogP contribution in [0.2, 0.25) is 0 Å². The monoisotopic (exact) mass is 145 g/mol. The normalized spacial score (nSPS) is 9.30. The van der Waals surface area contributed by atoms with Crippen molar-refractivity contribution in [3.63, 3.8) is 0 Å². The van der Waals surface area contributed by atoms with E-state index in [2.05, 4.69) is 11.7 Å². The molecule has 0 amide bonds. The number of Topliss-reactive ketones (excluding diaryl/α,β-unsaturated/α-hetero) is 1. The first-order valence-corrected chi connectivity index (χ1v) is 2.77.